The van der Waals surface area contributed by atoms with E-state index in [1.54, 1.807) is 23.1 Å². The van der Waals surface area contributed by atoms with Gasteiger partial charge >= 0.3 is 17.8 Å². The highest BCUT2D eigenvalue weighted by Gasteiger charge is 2.24. The van der Waals surface area contributed by atoms with Crippen LogP contribution in [-0.2, 0) is 0 Å². The molecule has 1 aromatic carbocycles. The van der Waals surface area contributed by atoms with Crippen LogP contribution in [0.1, 0.15) is 45.9 Å². The molecule has 1 N–H and O–H groups in total. The monoisotopic (exact) mass is 314 g/mol. The molecule has 0 spiro atoms. The zero-order valence-electron chi connectivity index (χ0n) is 12.9. The van der Waals surface area contributed by atoms with E-state index in [4.69, 9.17) is 4.42 Å². The first kappa shape index (κ1) is 15.2. The van der Waals surface area contributed by atoms with Crippen molar-refractivity contribution in [2.75, 3.05) is 18.4 Å². The summed E-state index contributed by atoms with van der Waals surface area (Å²) in [5, 5.41) is 9.97. The number of carbonyl (C=O) groups excluding carboxylic acids is 2. The number of anilines is 1. The minimum absolute atomic E-state index is 0.0723. The van der Waals surface area contributed by atoms with E-state index in [2.05, 4.69) is 15.5 Å². The van der Waals surface area contributed by atoms with Gasteiger partial charge in [0.15, 0.2) is 0 Å². The van der Waals surface area contributed by atoms with Crippen molar-refractivity contribution in [1.82, 2.24) is 15.1 Å². The highest BCUT2D eigenvalue weighted by Crippen LogP contribution is 2.14. The molecule has 0 atom stereocenters. The van der Waals surface area contributed by atoms with Gasteiger partial charge in [0.1, 0.15) is 0 Å². The largest absolute Gasteiger partial charge is 0.399 e. The lowest BCUT2D eigenvalue weighted by molar-refractivity contribution is 0.0684. The van der Waals surface area contributed by atoms with Crippen molar-refractivity contribution in [3.63, 3.8) is 0 Å². The van der Waals surface area contributed by atoms with E-state index in [1.165, 1.54) is 0 Å². The second kappa shape index (κ2) is 6.60. The number of amides is 2. The number of hydrogen-bond acceptors (Lipinski definition) is 5. The zero-order valence-corrected chi connectivity index (χ0v) is 12.9. The summed E-state index contributed by atoms with van der Waals surface area (Å²) in [4.78, 5) is 26.0. The molecule has 2 aromatic rings. The molecule has 1 aliphatic rings. The van der Waals surface area contributed by atoms with Gasteiger partial charge < -0.3 is 9.32 Å². The van der Waals surface area contributed by atoms with Crippen molar-refractivity contribution in [1.29, 1.82) is 0 Å². The molecule has 1 saturated heterocycles. The topological polar surface area (TPSA) is 88.3 Å². The van der Waals surface area contributed by atoms with Crippen LogP contribution < -0.4 is 5.32 Å². The van der Waals surface area contributed by atoms with Crippen LogP contribution in [0.15, 0.2) is 28.7 Å². The van der Waals surface area contributed by atoms with Gasteiger partial charge in [-0.25, -0.2) is 0 Å². The lowest BCUT2D eigenvalue weighted by Crippen LogP contribution is -2.35. The third-order valence-electron chi connectivity index (χ3n) is 3.75. The SMILES string of the molecule is Cc1cccc(C(=O)Nc2nnc(C(=O)N3CCCCC3)o2)c1. The Kier molecular flexibility index (Phi) is 4.36. The molecule has 3 rings (SSSR count). The number of benzene rings is 1. The summed E-state index contributed by atoms with van der Waals surface area (Å²) in [6.45, 7) is 3.30. The third kappa shape index (κ3) is 3.56. The van der Waals surface area contributed by atoms with Crippen molar-refractivity contribution < 1.29 is 14.0 Å². The number of rotatable bonds is 3. The molecule has 2 amide bonds. The minimum atomic E-state index is -0.352. The molecule has 120 valence electrons. The molecule has 0 saturated carbocycles. The molecular formula is C16H18N4O3. The molecule has 0 unspecified atom stereocenters. The highest BCUT2D eigenvalue weighted by molar-refractivity contribution is 6.03. The molecule has 23 heavy (non-hydrogen) atoms. The number of aryl methyl sites for hydroxylation is 1. The standard InChI is InChI=1S/C16H18N4O3/c1-11-6-5-7-12(10-11)13(21)17-16-19-18-14(23-16)15(22)20-8-3-2-4-9-20/h5-7,10H,2-4,8-9H2,1H3,(H,17,19,21). The van der Waals surface area contributed by atoms with Gasteiger partial charge in [0.05, 0.1) is 0 Å². The molecule has 1 fully saturated rings. The van der Waals surface area contributed by atoms with E-state index in [0.29, 0.717) is 18.7 Å². The van der Waals surface area contributed by atoms with Crippen LogP contribution >= 0.6 is 0 Å². The van der Waals surface area contributed by atoms with Crippen molar-refractivity contribution >= 4 is 17.8 Å². The van der Waals surface area contributed by atoms with Gasteiger partial charge in [-0.1, -0.05) is 22.8 Å². The number of nitrogens with one attached hydrogen (secondary N) is 1. The van der Waals surface area contributed by atoms with Gasteiger partial charge in [0.25, 0.3) is 5.91 Å². The van der Waals surface area contributed by atoms with Gasteiger partial charge in [0, 0.05) is 18.7 Å². The summed E-state index contributed by atoms with van der Waals surface area (Å²) in [5.74, 6) is -0.728. The van der Waals surface area contributed by atoms with Crippen LogP contribution in [0.5, 0.6) is 0 Å². The third-order valence-corrected chi connectivity index (χ3v) is 3.75. The Labute approximate surface area is 133 Å². The Morgan fingerprint density at radius 3 is 2.70 bits per heavy atom. The maximum absolute atomic E-state index is 12.2. The first-order valence-electron chi connectivity index (χ1n) is 7.64. The van der Waals surface area contributed by atoms with E-state index >= 15 is 0 Å². The summed E-state index contributed by atoms with van der Waals surface area (Å²) in [7, 11) is 0. The first-order chi connectivity index (χ1) is 11.1. The summed E-state index contributed by atoms with van der Waals surface area (Å²) >= 11 is 0. The number of hydrogen-bond donors (Lipinski definition) is 1. The fourth-order valence-corrected chi connectivity index (χ4v) is 2.55. The second-order valence-electron chi connectivity index (χ2n) is 5.59. The van der Waals surface area contributed by atoms with Gasteiger partial charge in [-0.05, 0) is 38.3 Å². The van der Waals surface area contributed by atoms with Gasteiger partial charge in [0.2, 0.25) is 0 Å². The number of piperidine rings is 1. The van der Waals surface area contributed by atoms with Crippen LogP contribution in [0, 0.1) is 6.92 Å². The maximum atomic E-state index is 12.2. The minimum Gasteiger partial charge on any atom is -0.399 e. The second-order valence-corrected chi connectivity index (χ2v) is 5.59. The molecule has 7 heteroatoms. The van der Waals surface area contributed by atoms with Crippen LogP contribution in [-0.4, -0.2) is 40.0 Å². The lowest BCUT2D eigenvalue weighted by Gasteiger charge is -2.24. The van der Waals surface area contributed by atoms with Gasteiger partial charge in [-0.15, -0.1) is 5.10 Å². The number of nitrogens with zero attached hydrogens (tertiary/aromatic N) is 3. The van der Waals surface area contributed by atoms with Crippen molar-refractivity contribution in [3.05, 3.63) is 41.3 Å². The Hall–Kier alpha value is -2.70. The Morgan fingerprint density at radius 2 is 1.96 bits per heavy atom. The smallest absolute Gasteiger partial charge is 0.322 e. The van der Waals surface area contributed by atoms with Gasteiger partial charge in [-0.3, -0.25) is 14.9 Å². The molecule has 0 aliphatic carbocycles. The average molecular weight is 314 g/mol. The van der Waals surface area contributed by atoms with Crippen molar-refractivity contribution in [2.24, 2.45) is 0 Å². The highest BCUT2D eigenvalue weighted by atomic mass is 16.4. The molecule has 7 nitrogen and oxygen atoms in total. The number of aromatic nitrogens is 2. The zero-order chi connectivity index (χ0) is 16.2. The molecule has 0 radical (unpaired) electrons. The Morgan fingerprint density at radius 1 is 1.17 bits per heavy atom. The predicted molar refractivity (Wildman–Crippen MR) is 83.2 cm³/mol. The number of likely N-dealkylation sites (tertiary alicyclic amines) is 1. The average Bonchev–Trinajstić information content (AvgIpc) is 3.03. The molecular weight excluding hydrogens is 296 g/mol. The van der Waals surface area contributed by atoms with E-state index in [-0.39, 0.29) is 23.7 Å². The normalized spacial score (nSPS) is 14.6. The van der Waals surface area contributed by atoms with Crippen LogP contribution in [0.25, 0.3) is 0 Å². The van der Waals surface area contributed by atoms with E-state index in [9.17, 15) is 9.59 Å². The van der Waals surface area contributed by atoms with E-state index in [0.717, 1.165) is 24.8 Å². The lowest BCUT2D eigenvalue weighted by atomic mass is 10.1. The number of carbonyl (C=O) groups is 2. The fourth-order valence-electron chi connectivity index (χ4n) is 2.55. The van der Waals surface area contributed by atoms with Crippen LogP contribution in [0.3, 0.4) is 0 Å². The van der Waals surface area contributed by atoms with Crippen molar-refractivity contribution in [3.8, 4) is 0 Å². The maximum Gasteiger partial charge on any atom is 0.322 e. The summed E-state index contributed by atoms with van der Waals surface area (Å²) in [6, 6.07) is 7.07. The first-order valence-corrected chi connectivity index (χ1v) is 7.64. The van der Waals surface area contributed by atoms with Crippen molar-refractivity contribution in [2.45, 2.75) is 26.2 Å². The van der Waals surface area contributed by atoms with Gasteiger partial charge in [-0.2, -0.15) is 0 Å². The molecule has 2 heterocycles. The quantitative estimate of drug-likeness (QED) is 0.938. The molecule has 1 aliphatic heterocycles. The van der Waals surface area contributed by atoms with E-state index < -0.39 is 0 Å². The van der Waals surface area contributed by atoms with E-state index in [1.807, 2.05) is 13.0 Å². The summed E-state index contributed by atoms with van der Waals surface area (Å²) in [5.41, 5.74) is 1.47. The predicted octanol–water partition coefficient (Wildman–Crippen LogP) is 2.26. The summed E-state index contributed by atoms with van der Waals surface area (Å²) in [6.07, 6.45) is 3.10. The van der Waals surface area contributed by atoms with Crippen LogP contribution in [0.2, 0.25) is 0 Å². The Bertz CT molecular complexity index is 720. The molecule has 1 aromatic heterocycles. The molecule has 0 bridgehead atoms. The Balaban J connectivity index is 1.67. The fraction of sp³-hybridized carbons (Fsp3) is 0.375. The van der Waals surface area contributed by atoms with Crippen LogP contribution in [0.4, 0.5) is 6.01 Å². The summed E-state index contributed by atoms with van der Waals surface area (Å²) < 4.78 is 5.28.